The van der Waals surface area contributed by atoms with Gasteiger partial charge in [-0.15, -0.1) is 12.4 Å². The lowest BCUT2D eigenvalue weighted by Crippen LogP contribution is -2.11. The number of halogens is 1. The molecule has 0 radical (unpaired) electrons. The van der Waals surface area contributed by atoms with E-state index in [0.717, 1.165) is 11.3 Å². The molecule has 2 aromatic rings. The number of benzene rings is 1. The SMILES string of the molecule is Cl.NC(c1cnn(-c2ccccc2)c1)C1CC1. The highest BCUT2D eigenvalue weighted by atomic mass is 35.5. The van der Waals surface area contributed by atoms with Crippen molar-refractivity contribution in [1.82, 2.24) is 9.78 Å². The van der Waals surface area contributed by atoms with Crippen molar-refractivity contribution in [2.24, 2.45) is 11.7 Å². The molecule has 1 heterocycles. The summed E-state index contributed by atoms with van der Waals surface area (Å²) in [7, 11) is 0. The van der Waals surface area contributed by atoms with E-state index in [0.29, 0.717) is 5.92 Å². The largest absolute Gasteiger partial charge is 0.324 e. The molecule has 1 aromatic heterocycles. The van der Waals surface area contributed by atoms with Crippen LogP contribution in [0.4, 0.5) is 0 Å². The van der Waals surface area contributed by atoms with Gasteiger partial charge in [-0.3, -0.25) is 0 Å². The molecule has 1 aliphatic rings. The maximum atomic E-state index is 6.14. The van der Waals surface area contributed by atoms with Crippen LogP contribution in [0.15, 0.2) is 42.7 Å². The van der Waals surface area contributed by atoms with E-state index in [4.69, 9.17) is 5.73 Å². The Morgan fingerprint density at radius 1 is 1.24 bits per heavy atom. The number of aromatic nitrogens is 2. The Balaban J connectivity index is 0.00000108. The van der Waals surface area contributed by atoms with Gasteiger partial charge in [0.25, 0.3) is 0 Å². The van der Waals surface area contributed by atoms with Crippen LogP contribution in [0, 0.1) is 5.92 Å². The average molecular weight is 250 g/mol. The summed E-state index contributed by atoms with van der Waals surface area (Å²) in [5.74, 6) is 0.674. The third-order valence-corrected chi connectivity index (χ3v) is 3.14. The molecule has 0 bridgehead atoms. The van der Waals surface area contributed by atoms with Crippen molar-refractivity contribution < 1.29 is 0 Å². The molecule has 0 amide bonds. The van der Waals surface area contributed by atoms with E-state index in [2.05, 4.69) is 5.10 Å². The minimum atomic E-state index is 0. The standard InChI is InChI=1S/C13H15N3.ClH/c14-13(10-6-7-10)11-8-15-16(9-11)12-4-2-1-3-5-12;/h1-5,8-10,13H,6-7,14H2;1H. The summed E-state index contributed by atoms with van der Waals surface area (Å²) in [6.45, 7) is 0. The highest BCUT2D eigenvalue weighted by Crippen LogP contribution is 2.39. The Morgan fingerprint density at radius 2 is 1.94 bits per heavy atom. The highest BCUT2D eigenvalue weighted by molar-refractivity contribution is 5.85. The molecule has 1 atom stereocenters. The van der Waals surface area contributed by atoms with Crippen LogP contribution in [-0.2, 0) is 0 Å². The normalized spacial score (nSPS) is 16.3. The van der Waals surface area contributed by atoms with E-state index in [1.807, 2.05) is 47.4 Å². The number of hydrogen-bond donors (Lipinski definition) is 1. The second-order valence-corrected chi connectivity index (χ2v) is 4.42. The van der Waals surface area contributed by atoms with Gasteiger partial charge in [-0.05, 0) is 30.9 Å². The van der Waals surface area contributed by atoms with Gasteiger partial charge in [-0.1, -0.05) is 18.2 Å². The lowest BCUT2D eigenvalue weighted by atomic mass is 10.1. The van der Waals surface area contributed by atoms with Crippen molar-refractivity contribution in [3.8, 4) is 5.69 Å². The van der Waals surface area contributed by atoms with Gasteiger partial charge in [0, 0.05) is 17.8 Å². The maximum Gasteiger partial charge on any atom is 0.0645 e. The summed E-state index contributed by atoms with van der Waals surface area (Å²) in [6, 6.07) is 10.3. The predicted octanol–water partition coefficient (Wildman–Crippen LogP) is 2.70. The molecule has 1 unspecified atom stereocenters. The van der Waals surface area contributed by atoms with E-state index in [-0.39, 0.29) is 18.4 Å². The molecule has 2 N–H and O–H groups in total. The Labute approximate surface area is 107 Å². The zero-order valence-corrected chi connectivity index (χ0v) is 10.3. The number of nitrogens with zero attached hydrogens (tertiary/aromatic N) is 2. The molecular formula is C13H16ClN3. The number of hydrogen-bond acceptors (Lipinski definition) is 2. The van der Waals surface area contributed by atoms with Crippen molar-refractivity contribution >= 4 is 12.4 Å². The van der Waals surface area contributed by atoms with Crippen LogP contribution in [0.2, 0.25) is 0 Å². The first kappa shape index (κ1) is 12.1. The topological polar surface area (TPSA) is 43.8 Å². The van der Waals surface area contributed by atoms with Gasteiger partial charge in [0.2, 0.25) is 0 Å². The maximum absolute atomic E-state index is 6.14. The van der Waals surface area contributed by atoms with Gasteiger partial charge < -0.3 is 5.73 Å². The van der Waals surface area contributed by atoms with Crippen LogP contribution >= 0.6 is 12.4 Å². The minimum Gasteiger partial charge on any atom is -0.324 e. The van der Waals surface area contributed by atoms with Gasteiger partial charge >= 0.3 is 0 Å². The second kappa shape index (κ2) is 4.90. The molecule has 17 heavy (non-hydrogen) atoms. The fourth-order valence-corrected chi connectivity index (χ4v) is 1.96. The van der Waals surface area contributed by atoms with Crippen LogP contribution < -0.4 is 5.73 Å². The second-order valence-electron chi connectivity index (χ2n) is 4.42. The first-order chi connectivity index (χ1) is 7.84. The number of rotatable bonds is 3. The lowest BCUT2D eigenvalue weighted by molar-refractivity contribution is 0.633. The molecule has 1 aliphatic carbocycles. The molecule has 4 heteroatoms. The molecule has 0 aliphatic heterocycles. The van der Waals surface area contributed by atoms with Crippen LogP contribution in [0.5, 0.6) is 0 Å². The van der Waals surface area contributed by atoms with Crippen LogP contribution in [-0.4, -0.2) is 9.78 Å². The van der Waals surface area contributed by atoms with Crippen LogP contribution in [0.1, 0.15) is 24.4 Å². The summed E-state index contributed by atoms with van der Waals surface area (Å²) >= 11 is 0. The summed E-state index contributed by atoms with van der Waals surface area (Å²) in [6.07, 6.45) is 6.45. The van der Waals surface area contributed by atoms with E-state index >= 15 is 0 Å². The van der Waals surface area contributed by atoms with Gasteiger partial charge in [-0.25, -0.2) is 4.68 Å². The summed E-state index contributed by atoms with van der Waals surface area (Å²) in [4.78, 5) is 0. The predicted molar refractivity (Wildman–Crippen MR) is 70.5 cm³/mol. The fourth-order valence-electron chi connectivity index (χ4n) is 1.96. The molecule has 1 fully saturated rings. The average Bonchev–Trinajstić information content (AvgIpc) is 3.07. The lowest BCUT2D eigenvalue weighted by Gasteiger charge is -2.05. The van der Waals surface area contributed by atoms with Crippen molar-refractivity contribution in [3.05, 3.63) is 48.3 Å². The minimum absolute atomic E-state index is 0. The summed E-state index contributed by atoms with van der Waals surface area (Å²) < 4.78 is 1.89. The molecular weight excluding hydrogens is 234 g/mol. The third kappa shape index (κ3) is 2.51. The summed E-state index contributed by atoms with van der Waals surface area (Å²) in [5.41, 5.74) is 8.36. The Bertz CT molecular complexity index is 476. The van der Waals surface area contributed by atoms with E-state index < -0.39 is 0 Å². The van der Waals surface area contributed by atoms with Crippen molar-refractivity contribution in [1.29, 1.82) is 0 Å². The molecule has 3 nitrogen and oxygen atoms in total. The van der Waals surface area contributed by atoms with Crippen molar-refractivity contribution in [3.63, 3.8) is 0 Å². The van der Waals surface area contributed by atoms with E-state index in [9.17, 15) is 0 Å². The number of para-hydroxylation sites is 1. The van der Waals surface area contributed by atoms with Gasteiger partial charge in [0.15, 0.2) is 0 Å². The zero-order valence-electron chi connectivity index (χ0n) is 9.49. The Hall–Kier alpha value is -1.32. The van der Waals surface area contributed by atoms with Gasteiger partial charge in [0.1, 0.15) is 0 Å². The molecule has 90 valence electrons. The quantitative estimate of drug-likeness (QED) is 0.909. The molecule has 0 spiro atoms. The van der Waals surface area contributed by atoms with Crippen LogP contribution in [0.25, 0.3) is 5.69 Å². The van der Waals surface area contributed by atoms with E-state index in [1.54, 1.807) is 0 Å². The van der Waals surface area contributed by atoms with Crippen LogP contribution in [0.3, 0.4) is 0 Å². The van der Waals surface area contributed by atoms with E-state index in [1.165, 1.54) is 12.8 Å². The molecule has 1 aromatic carbocycles. The summed E-state index contributed by atoms with van der Waals surface area (Å²) in [5, 5.41) is 4.35. The van der Waals surface area contributed by atoms with Crippen molar-refractivity contribution in [2.45, 2.75) is 18.9 Å². The Morgan fingerprint density at radius 3 is 2.59 bits per heavy atom. The molecule has 0 saturated heterocycles. The molecule has 3 rings (SSSR count). The highest BCUT2D eigenvalue weighted by Gasteiger charge is 2.30. The fraction of sp³-hybridized carbons (Fsp3) is 0.308. The zero-order chi connectivity index (χ0) is 11.0. The Kier molecular flexibility index (Phi) is 3.50. The first-order valence-electron chi connectivity index (χ1n) is 5.70. The van der Waals surface area contributed by atoms with Gasteiger partial charge in [-0.2, -0.15) is 5.10 Å². The third-order valence-electron chi connectivity index (χ3n) is 3.14. The van der Waals surface area contributed by atoms with Gasteiger partial charge in [0.05, 0.1) is 11.9 Å². The van der Waals surface area contributed by atoms with Crippen molar-refractivity contribution in [2.75, 3.05) is 0 Å². The monoisotopic (exact) mass is 249 g/mol. The first-order valence-corrected chi connectivity index (χ1v) is 5.70. The smallest absolute Gasteiger partial charge is 0.0645 e. The molecule has 1 saturated carbocycles. The number of nitrogens with two attached hydrogens (primary N) is 1.